The Morgan fingerprint density at radius 1 is 1.54 bits per heavy atom. The maximum absolute atomic E-state index is 12.9. The summed E-state index contributed by atoms with van der Waals surface area (Å²) in [4.78, 5) is 0. The van der Waals surface area contributed by atoms with Gasteiger partial charge in [-0.05, 0) is 36.1 Å². The first-order chi connectivity index (χ1) is 6.22. The van der Waals surface area contributed by atoms with Gasteiger partial charge in [-0.3, -0.25) is 0 Å². The molecule has 0 radical (unpaired) electrons. The smallest absolute Gasteiger partial charge is 0.125 e. The van der Waals surface area contributed by atoms with Gasteiger partial charge in [-0.15, -0.1) is 0 Å². The molecule has 0 spiro atoms. The van der Waals surface area contributed by atoms with E-state index in [4.69, 9.17) is 16.9 Å². The van der Waals surface area contributed by atoms with E-state index >= 15 is 0 Å². The summed E-state index contributed by atoms with van der Waals surface area (Å²) in [6, 6.07) is 4.87. The van der Waals surface area contributed by atoms with E-state index in [0.717, 1.165) is 24.0 Å². The van der Waals surface area contributed by atoms with Crippen molar-refractivity contribution in [3.05, 3.63) is 34.1 Å². The summed E-state index contributed by atoms with van der Waals surface area (Å²) in [5, 5.41) is 9.23. The molecule has 2 rings (SSSR count). The first-order valence-corrected chi connectivity index (χ1v) is 4.47. The fraction of sp³-hybridized carbons (Fsp3) is 0.300. The number of hydrogen-bond acceptors (Lipinski definition) is 1. The zero-order chi connectivity index (χ0) is 9.42. The summed E-state index contributed by atoms with van der Waals surface area (Å²) in [5.41, 5.74) is 1.71. The number of nitrogens with zero attached hydrogens (tertiary/aromatic N) is 1. The molecule has 1 atom stereocenters. The second kappa shape index (κ2) is 3.01. The number of fused-ring (bicyclic) bond motifs is 1. The predicted octanol–water partition coefficient (Wildman–Crippen LogP) is 3.03. The summed E-state index contributed by atoms with van der Waals surface area (Å²) < 4.78 is 12.9. The molecule has 0 N–H and O–H groups in total. The molecule has 1 aliphatic carbocycles. The van der Waals surface area contributed by atoms with Gasteiger partial charge in [-0.25, -0.2) is 4.39 Å². The standard InChI is InChI=1S/C10H7ClFN/c11-10-4-7(12)3-9-6(5-13)1-2-8(9)10/h3-4,6H,1-2H2. The molecule has 1 nitrogen and oxygen atoms in total. The van der Waals surface area contributed by atoms with E-state index in [0.29, 0.717) is 5.02 Å². The molecule has 0 fully saturated rings. The Morgan fingerprint density at radius 3 is 3.00 bits per heavy atom. The molecule has 1 aromatic carbocycles. The molecule has 13 heavy (non-hydrogen) atoms. The van der Waals surface area contributed by atoms with Crippen molar-refractivity contribution in [3.63, 3.8) is 0 Å². The van der Waals surface area contributed by atoms with Gasteiger partial charge in [0.1, 0.15) is 5.82 Å². The highest BCUT2D eigenvalue weighted by Crippen LogP contribution is 2.37. The zero-order valence-corrected chi connectivity index (χ0v) is 7.61. The third kappa shape index (κ3) is 1.30. The fourth-order valence-electron chi connectivity index (χ4n) is 1.78. The molecule has 0 saturated heterocycles. The molecule has 0 aliphatic heterocycles. The first-order valence-electron chi connectivity index (χ1n) is 4.10. The van der Waals surface area contributed by atoms with E-state index < -0.39 is 0 Å². The van der Waals surface area contributed by atoms with E-state index in [1.54, 1.807) is 0 Å². The van der Waals surface area contributed by atoms with Gasteiger partial charge < -0.3 is 0 Å². The maximum atomic E-state index is 12.9. The quantitative estimate of drug-likeness (QED) is 0.624. The molecule has 0 bridgehead atoms. The fourth-order valence-corrected chi connectivity index (χ4v) is 2.08. The summed E-state index contributed by atoms with van der Waals surface area (Å²) in [5.74, 6) is -0.533. The Morgan fingerprint density at radius 2 is 2.31 bits per heavy atom. The van der Waals surface area contributed by atoms with Crippen LogP contribution in [0.4, 0.5) is 4.39 Å². The lowest BCUT2D eigenvalue weighted by Gasteiger charge is -2.03. The first kappa shape index (κ1) is 8.52. The predicted molar refractivity (Wildman–Crippen MR) is 48.1 cm³/mol. The summed E-state index contributed by atoms with van der Waals surface area (Å²) >= 11 is 5.85. The van der Waals surface area contributed by atoms with E-state index in [-0.39, 0.29) is 11.7 Å². The normalized spacial score (nSPS) is 19.6. The van der Waals surface area contributed by atoms with Crippen LogP contribution in [0.3, 0.4) is 0 Å². The second-order valence-electron chi connectivity index (χ2n) is 3.18. The molecule has 0 aromatic heterocycles. The highest BCUT2D eigenvalue weighted by molar-refractivity contribution is 6.31. The summed E-state index contributed by atoms with van der Waals surface area (Å²) in [7, 11) is 0. The van der Waals surface area contributed by atoms with Crippen LogP contribution in [0.5, 0.6) is 0 Å². The zero-order valence-electron chi connectivity index (χ0n) is 6.85. The maximum Gasteiger partial charge on any atom is 0.125 e. The Labute approximate surface area is 80.7 Å². The SMILES string of the molecule is N#CC1CCc2c(Cl)cc(F)cc21. The van der Waals surface area contributed by atoms with Crippen LogP contribution in [0.15, 0.2) is 12.1 Å². The van der Waals surface area contributed by atoms with E-state index in [2.05, 4.69) is 6.07 Å². The topological polar surface area (TPSA) is 23.8 Å². The highest BCUT2D eigenvalue weighted by atomic mass is 35.5. The molecule has 0 heterocycles. The Kier molecular flexibility index (Phi) is 1.97. The third-order valence-corrected chi connectivity index (χ3v) is 2.75. The second-order valence-corrected chi connectivity index (χ2v) is 3.58. The molecule has 3 heteroatoms. The average molecular weight is 196 g/mol. The molecular weight excluding hydrogens is 189 g/mol. The lowest BCUT2D eigenvalue weighted by Crippen LogP contribution is -1.90. The largest absolute Gasteiger partial charge is 0.207 e. The number of nitriles is 1. The molecule has 1 aliphatic rings. The Balaban J connectivity index is 2.59. The minimum absolute atomic E-state index is 0.178. The van der Waals surface area contributed by atoms with Gasteiger partial charge in [0.15, 0.2) is 0 Å². The molecule has 1 unspecified atom stereocenters. The molecule has 66 valence electrons. The highest BCUT2D eigenvalue weighted by Gasteiger charge is 2.24. The lowest BCUT2D eigenvalue weighted by atomic mass is 10.0. The summed E-state index contributed by atoms with van der Waals surface area (Å²) in [6.07, 6.45) is 1.54. The Hall–Kier alpha value is -1.07. The van der Waals surface area contributed by atoms with Gasteiger partial charge in [0, 0.05) is 5.02 Å². The van der Waals surface area contributed by atoms with Crippen molar-refractivity contribution in [2.75, 3.05) is 0 Å². The monoisotopic (exact) mass is 195 g/mol. The number of hydrogen-bond donors (Lipinski definition) is 0. The number of halogens is 2. The van der Waals surface area contributed by atoms with E-state index in [9.17, 15) is 4.39 Å². The minimum atomic E-state index is -0.356. The third-order valence-electron chi connectivity index (χ3n) is 2.41. The number of benzene rings is 1. The minimum Gasteiger partial charge on any atom is -0.207 e. The van der Waals surface area contributed by atoms with Crippen LogP contribution in [-0.2, 0) is 6.42 Å². The Bertz CT molecular complexity index is 395. The van der Waals surface area contributed by atoms with Gasteiger partial charge in [0.05, 0.1) is 12.0 Å². The van der Waals surface area contributed by atoms with Crippen LogP contribution in [0.2, 0.25) is 5.02 Å². The van der Waals surface area contributed by atoms with Crippen molar-refractivity contribution in [1.82, 2.24) is 0 Å². The van der Waals surface area contributed by atoms with Gasteiger partial charge in [-0.1, -0.05) is 11.6 Å². The van der Waals surface area contributed by atoms with Crippen LogP contribution in [0.25, 0.3) is 0 Å². The van der Waals surface area contributed by atoms with Crippen molar-refractivity contribution in [1.29, 1.82) is 5.26 Å². The van der Waals surface area contributed by atoms with Crippen LogP contribution in [0.1, 0.15) is 23.5 Å². The average Bonchev–Trinajstić information content (AvgIpc) is 2.47. The van der Waals surface area contributed by atoms with Crippen LogP contribution in [-0.4, -0.2) is 0 Å². The van der Waals surface area contributed by atoms with Crippen molar-refractivity contribution in [2.45, 2.75) is 18.8 Å². The van der Waals surface area contributed by atoms with Crippen LogP contribution < -0.4 is 0 Å². The molecule has 0 amide bonds. The van der Waals surface area contributed by atoms with E-state index in [1.807, 2.05) is 0 Å². The molecular formula is C10H7ClFN. The van der Waals surface area contributed by atoms with Crippen molar-refractivity contribution in [2.24, 2.45) is 0 Å². The lowest BCUT2D eigenvalue weighted by molar-refractivity contribution is 0.625. The van der Waals surface area contributed by atoms with Crippen molar-refractivity contribution < 1.29 is 4.39 Å². The van der Waals surface area contributed by atoms with Gasteiger partial charge in [0.2, 0.25) is 0 Å². The van der Waals surface area contributed by atoms with Crippen LogP contribution in [0, 0.1) is 17.1 Å². The number of rotatable bonds is 0. The van der Waals surface area contributed by atoms with Gasteiger partial charge in [0.25, 0.3) is 0 Å². The van der Waals surface area contributed by atoms with Gasteiger partial charge in [-0.2, -0.15) is 5.26 Å². The van der Waals surface area contributed by atoms with Crippen molar-refractivity contribution >= 4 is 11.6 Å². The molecule has 1 aromatic rings. The molecule has 0 saturated carbocycles. The van der Waals surface area contributed by atoms with Crippen molar-refractivity contribution in [3.8, 4) is 6.07 Å². The van der Waals surface area contributed by atoms with E-state index in [1.165, 1.54) is 12.1 Å². The van der Waals surface area contributed by atoms with Gasteiger partial charge >= 0.3 is 0 Å². The van der Waals surface area contributed by atoms with Crippen LogP contribution >= 0.6 is 11.6 Å². The summed E-state index contributed by atoms with van der Waals surface area (Å²) in [6.45, 7) is 0.